The molecule has 178 valence electrons. The van der Waals surface area contributed by atoms with E-state index in [-0.39, 0.29) is 5.91 Å². The van der Waals surface area contributed by atoms with E-state index in [2.05, 4.69) is 0 Å². The lowest BCUT2D eigenvalue weighted by Crippen LogP contribution is -2.25. The Balaban J connectivity index is 1.59. The first kappa shape index (κ1) is 22.7. The number of fused-ring (bicyclic) bond motifs is 2. The molecule has 0 bridgehead atoms. The molecule has 1 amide bonds. The van der Waals surface area contributed by atoms with Crippen molar-refractivity contribution >= 4 is 46.4 Å². The number of carbonyl (C=O) groups excluding carboxylic acids is 1. The third kappa shape index (κ3) is 4.06. The summed E-state index contributed by atoms with van der Waals surface area (Å²) in [5.74, 6) is -0.126. The Bertz CT molecular complexity index is 1390. The van der Waals surface area contributed by atoms with E-state index < -0.39 is 5.97 Å². The zero-order valence-electron chi connectivity index (χ0n) is 19.2. The number of nitrogens with zero attached hydrogens (tertiary/aromatic N) is 4. The minimum Gasteiger partial charge on any atom is -0.497 e. The number of hydrogen-bond acceptors (Lipinski definition) is 5. The van der Waals surface area contributed by atoms with Crippen molar-refractivity contribution in [1.82, 2.24) is 9.78 Å². The second-order valence-electron chi connectivity index (χ2n) is 8.38. The molecule has 2 aliphatic rings. The topological polar surface area (TPSA) is 87.9 Å². The van der Waals surface area contributed by atoms with Crippen molar-refractivity contribution in [3.63, 3.8) is 0 Å². The number of rotatable bonds is 5. The maximum atomic E-state index is 13.9. The first-order chi connectivity index (χ1) is 16.9. The highest BCUT2D eigenvalue weighted by atomic mass is 35.5. The van der Waals surface area contributed by atoms with E-state index in [1.54, 1.807) is 34.0 Å². The van der Waals surface area contributed by atoms with Crippen LogP contribution < -0.4 is 9.80 Å². The number of carboxylic acids is 1. The number of aromatic nitrogens is 2. The van der Waals surface area contributed by atoms with Gasteiger partial charge in [0.2, 0.25) is 0 Å². The Morgan fingerprint density at radius 1 is 1.14 bits per heavy atom. The minimum absolute atomic E-state index is 0.219. The van der Waals surface area contributed by atoms with Gasteiger partial charge >= 0.3 is 5.97 Å². The number of carbonyl (C=O) groups is 2. The van der Waals surface area contributed by atoms with Crippen LogP contribution in [0.25, 0.3) is 0 Å². The highest BCUT2D eigenvalue weighted by molar-refractivity contribution is 6.31. The smallest absolute Gasteiger partial charge is 0.331 e. The molecule has 0 saturated heterocycles. The van der Waals surface area contributed by atoms with Crippen molar-refractivity contribution in [1.29, 1.82) is 0 Å². The van der Waals surface area contributed by atoms with Gasteiger partial charge in [-0.2, -0.15) is 5.10 Å². The van der Waals surface area contributed by atoms with Crippen LogP contribution in [-0.2, 0) is 16.1 Å². The molecule has 8 nitrogen and oxygen atoms in total. The number of methoxy groups -OCH3 is 1. The summed E-state index contributed by atoms with van der Waals surface area (Å²) in [6, 6.07) is 14.9. The molecule has 2 aromatic carbocycles. The van der Waals surface area contributed by atoms with Crippen LogP contribution in [0.5, 0.6) is 0 Å². The standard InChI is InChI=1S/C26H23ClN4O4/c1-29-21-11-10-18(27)13-22(21)31(19-6-4-3-5-7-19)25(32)20-15-30(28-24(20)29)14-17-9-8-16(26(33)34)12-23(17)35-2/h3-7,10-13,15H,8-9,14H2,1-2H3,(H,33,34). The van der Waals surface area contributed by atoms with Gasteiger partial charge in [-0.15, -0.1) is 0 Å². The number of para-hydroxylation sites is 1. The number of halogens is 1. The van der Waals surface area contributed by atoms with Gasteiger partial charge in [-0.3, -0.25) is 14.4 Å². The Kier molecular flexibility index (Phi) is 5.82. The van der Waals surface area contributed by atoms with Crippen LogP contribution in [0.4, 0.5) is 22.9 Å². The first-order valence-electron chi connectivity index (χ1n) is 11.1. The molecule has 1 aliphatic heterocycles. The fraction of sp³-hybridized carbons (Fsp3) is 0.192. The van der Waals surface area contributed by atoms with Crippen molar-refractivity contribution in [2.45, 2.75) is 19.4 Å². The van der Waals surface area contributed by atoms with Gasteiger partial charge in [0, 0.05) is 29.5 Å². The van der Waals surface area contributed by atoms with Gasteiger partial charge in [0.15, 0.2) is 5.82 Å². The predicted octanol–water partition coefficient (Wildman–Crippen LogP) is 5.30. The van der Waals surface area contributed by atoms with Crippen LogP contribution in [0.15, 0.2) is 77.7 Å². The average Bonchev–Trinajstić information content (AvgIpc) is 3.25. The summed E-state index contributed by atoms with van der Waals surface area (Å²) in [5.41, 5.74) is 3.85. The van der Waals surface area contributed by atoms with Gasteiger partial charge in [-0.1, -0.05) is 29.8 Å². The largest absolute Gasteiger partial charge is 0.497 e. The van der Waals surface area contributed by atoms with E-state index in [1.165, 1.54) is 7.11 Å². The lowest BCUT2D eigenvalue weighted by atomic mass is 9.97. The lowest BCUT2D eigenvalue weighted by molar-refractivity contribution is -0.132. The third-order valence-corrected chi connectivity index (χ3v) is 6.48. The molecule has 0 saturated carbocycles. The fourth-order valence-electron chi connectivity index (χ4n) is 4.49. The molecule has 0 fully saturated rings. The number of hydrogen-bond donors (Lipinski definition) is 1. The number of aliphatic carboxylic acids is 1. The van der Waals surface area contributed by atoms with Gasteiger partial charge in [0.25, 0.3) is 5.91 Å². The van der Waals surface area contributed by atoms with Crippen molar-refractivity contribution in [3.8, 4) is 0 Å². The van der Waals surface area contributed by atoms with Crippen LogP contribution in [0.2, 0.25) is 5.02 Å². The van der Waals surface area contributed by atoms with E-state index in [1.807, 2.05) is 48.3 Å². The summed E-state index contributed by atoms with van der Waals surface area (Å²) < 4.78 is 7.16. The number of benzene rings is 2. The van der Waals surface area contributed by atoms with Crippen LogP contribution in [0, 0.1) is 0 Å². The number of carboxylic acid groups (broad SMARTS) is 1. The lowest BCUT2D eigenvalue weighted by Gasteiger charge is -2.25. The van der Waals surface area contributed by atoms with Crippen LogP contribution in [0.3, 0.4) is 0 Å². The second kappa shape index (κ2) is 8.96. The van der Waals surface area contributed by atoms with E-state index in [0.29, 0.717) is 52.8 Å². The van der Waals surface area contributed by atoms with Crippen LogP contribution in [0.1, 0.15) is 23.2 Å². The molecule has 1 aromatic heterocycles. The zero-order chi connectivity index (χ0) is 24.7. The third-order valence-electron chi connectivity index (χ3n) is 6.24. The summed E-state index contributed by atoms with van der Waals surface area (Å²) in [6.07, 6.45) is 4.23. The normalized spacial score (nSPS) is 15.4. The molecule has 0 spiro atoms. The molecular weight excluding hydrogens is 468 g/mol. The van der Waals surface area contributed by atoms with E-state index >= 15 is 0 Å². The Hall–Kier alpha value is -4.04. The number of amides is 1. The van der Waals surface area contributed by atoms with Gasteiger partial charge in [-0.25, -0.2) is 4.79 Å². The van der Waals surface area contributed by atoms with Crippen LogP contribution >= 0.6 is 11.6 Å². The summed E-state index contributed by atoms with van der Waals surface area (Å²) in [6.45, 7) is 0.375. The number of ether oxygens (including phenoxy) is 1. The average molecular weight is 491 g/mol. The summed E-state index contributed by atoms with van der Waals surface area (Å²) in [5, 5.41) is 14.6. The predicted molar refractivity (Wildman–Crippen MR) is 134 cm³/mol. The summed E-state index contributed by atoms with van der Waals surface area (Å²) in [7, 11) is 3.39. The Labute approximate surface area is 207 Å². The minimum atomic E-state index is -0.948. The molecule has 1 aliphatic carbocycles. The fourth-order valence-corrected chi connectivity index (χ4v) is 4.66. The number of allylic oxidation sites excluding steroid dienone is 2. The Morgan fingerprint density at radius 3 is 2.63 bits per heavy atom. The summed E-state index contributed by atoms with van der Waals surface area (Å²) >= 11 is 6.32. The van der Waals surface area contributed by atoms with Crippen molar-refractivity contribution in [2.24, 2.45) is 0 Å². The number of anilines is 4. The van der Waals surface area contributed by atoms with Gasteiger partial charge in [0.05, 0.1) is 25.0 Å². The zero-order valence-corrected chi connectivity index (χ0v) is 20.0. The summed E-state index contributed by atoms with van der Waals surface area (Å²) in [4.78, 5) is 28.8. The van der Waals surface area contributed by atoms with Gasteiger partial charge < -0.3 is 14.7 Å². The molecule has 0 atom stereocenters. The maximum absolute atomic E-state index is 13.9. The molecule has 0 radical (unpaired) electrons. The molecule has 3 aromatic rings. The van der Waals surface area contributed by atoms with E-state index in [0.717, 1.165) is 16.9 Å². The highest BCUT2D eigenvalue weighted by Gasteiger charge is 2.33. The van der Waals surface area contributed by atoms with Crippen molar-refractivity contribution in [3.05, 3.63) is 88.3 Å². The molecule has 9 heteroatoms. The molecule has 35 heavy (non-hydrogen) atoms. The maximum Gasteiger partial charge on any atom is 0.331 e. The second-order valence-corrected chi connectivity index (χ2v) is 8.82. The highest BCUT2D eigenvalue weighted by Crippen LogP contribution is 2.43. The monoisotopic (exact) mass is 490 g/mol. The van der Waals surface area contributed by atoms with Crippen LogP contribution in [-0.4, -0.2) is 40.9 Å². The van der Waals surface area contributed by atoms with E-state index in [9.17, 15) is 14.7 Å². The van der Waals surface area contributed by atoms with Crippen molar-refractivity contribution < 1.29 is 19.4 Å². The first-order valence-corrected chi connectivity index (χ1v) is 11.4. The molecule has 1 N–H and O–H groups in total. The molecule has 0 unspecified atom stereocenters. The van der Waals surface area contributed by atoms with Gasteiger partial charge in [-0.05, 0) is 54.8 Å². The quantitative estimate of drug-likeness (QED) is 0.522. The Morgan fingerprint density at radius 2 is 1.91 bits per heavy atom. The molecule has 5 rings (SSSR count). The van der Waals surface area contributed by atoms with Crippen molar-refractivity contribution in [2.75, 3.05) is 24.0 Å². The molecule has 2 heterocycles. The van der Waals surface area contributed by atoms with E-state index in [4.69, 9.17) is 21.4 Å². The van der Waals surface area contributed by atoms with Gasteiger partial charge in [0.1, 0.15) is 11.3 Å². The SMILES string of the molecule is COC1=C(Cn2cc3c(n2)N(C)c2ccc(Cl)cc2N(c2ccccc2)C3=O)CCC(C(=O)O)=C1. The molecular formula is C26H23ClN4O4.